The van der Waals surface area contributed by atoms with Gasteiger partial charge in [0.1, 0.15) is 17.5 Å². The Balaban J connectivity index is 0.907. The van der Waals surface area contributed by atoms with Crippen molar-refractivity contribution in [2.45, 2.75) is 45.2 Å². The first-order valence-electron chi connectivity index (χ1n) is 17.9. The second kappa shape index (κ2) is 15.2. The summed E-state index contributed by atoms with van der Waals surface area (Å²) in [6, 6.07) is 31.6. The van der Waals surface area contributed by atoms with Crippen molar-refractivity contribution in [1.29, 1.82) is 0 Å². The third-order valence-corrected chi connectivity index (χ3v) is 10.2. The van der Waals surface area contributed by atoms with Crippen LogP contribution in [0.2, 0.25) is 0 Å². The number of piperazine rings is 1. The number of phenols is 1. The maximum absolute atomic E-state index is 13.1. The zero-order valence-corrected chi connectivity index (χ0v) is 29.0. The van der Waals surface area contributed by atoms with Crippen molar-refractivity contribution >= 4 is 34.6 Å². The smallest absolute Gasteiger partial charge is 0.255 e. The van der Waals surface area contributed by atoms with Crippen LogP contribution in [0.4, 0.5) is 5.69 Å². The van der Waals surface area contributed by atoms with Crippen molar-refractivity contribution in [2.24, 2.45) is 0 Å². The summed E-state index contributed by atoms with van der Waals surface area (Å²) < 4.78 is 6.17. The third-order valence-electron chi connectivity index (χ3n) is 10.2. The number of imide groups is 1. The summed E-state index contributed by atoms with van der Waals surface area (Å²) in [4.78, 5) is 43.5. The van der Waals surface area contributed by atoms with Crippen LogP contribution in [0.1, 0.15) is 65.2 Å². The quantitative estimate of drug-likeness (QED) is 0.112. The van der Waals surface area contributed by atoms with E-state index in [4.69, 9.17) is 4.74 Å². The lowest BCUT2D eigenvalue weighted by atomic mass is 9.88. The topological polar surface area (TPSA) is 102 Å². The van der Waals surface area contributed by atoms with Gasteiger partial charge in [-0.25, -0.2) is 0 Å². The van der Waals surface area contributed by atoms with E-state index in [1.165, 1.54) is 11.1 Å². The highest BCUT2D eigenvalue weighted by Crippen LogP contribution is 2.36. The molecule has 0 aliphatic carbocycles. The van der Waals surface area contributed by atoms with Crippen LogP contribution in [0.25, 0.3) is 11.1 Å². The van der Waals surface area contributed by atoms with Gasteiger partial charge < -0.3 is 19.6 Å². The molecule has 51 heavy (non-hydrogen) atoms. The molecule has 0 radical (unpaired) electrons. The van der Waals surface area contributed by atoms with Gasteiger partial charge in [-0.2, -0.15) is 0 Å². The highest BCUT2D eigenvalue weighted by Gasteiger charge is 2.39. The molecule has 4 aromatic carbocycles. The Kier molecular flexibility index (Phi) is 10.2. The highest BCUT2D eigenvalue weighted by molar-refractivity contribution is 6.05. The van der Waals surface area contributed by atoms with Crippen molar-refractivity contribution < 1.29 is 24.2 Å². The number of phenolic OH excluding ortho intramolecular Hbond substituents is 1. The molecule has 2 fully saturated rings. The van der Waals surface area contributed by atoms with Crippen molar-refractivity contribution in [2.75, 3.05) is 44.2 Å². The number of benzene rings is 4. The van der Waals surface area contributed by atoms with Gasteiger partial charge in [-0.15, -0.1) is 0 Å². The van der Waals surface area contributed by atoms with Crippen molar-refractivity contribution in [3.05, 3.63) is 125 Å². The highest BCUT2D eigenvalue weighted by atomic mass is 16.5. The van der Waals surface area contributed by atoms with Crippen molar-refractivity contribution in [3.8, 4) is 11.5 Å². The predicted molar refractivity (Wildman–Crippen MR) is 198 cm³/mol. The van der Waals surface area contributed by atoms with Gasteiger partial charge in [0, 0.05) is 56.9 Å². The molecule has 2 saturated heterocycles. The minimum absolute atomic E-state index is 0.140. The van der Waals surface area contributed by atoms with E-state index in [1.807, 2.05) is 42.5 Å². The first-order chi connectivity index (χ1) is 24.9. The minimum atomic E-state index is -0.599. The first kappa shape index (κ1) is 34.1. The molecular formula is C42H44N4O5. The molecular weight excluding hydrogens is 640 g/mol. The van der Waals surface area contributed by atoms with E-state index in [9.17, 15) is 19.5 Å². The molecule has 1 atom stereocenters. The van der Waals surface area contributed by atoms with E-state index in [-0.39, 0.29) is 29.9 Å². The summed E-state index contributed by atoms with van der Waals surface area (Å²) in [7, 11) is 0. The number of allylic oxidation sites excluding steroid dienone is 1. The van der Waals surface area contributed by atoms with Crippen LogP contribution in [-0.2, 0) is 16.1 Å². The van der Waals surface area contributed by atoms with Crippen LogP contribution in [-0.4, -0.2) is 78.0 Å². The second-order valence-electron chi connectivity index (χ2n) is 13.4. The van der Waals surface area contributed by atoms with Gasteiger partial charge >= 0.3 is 0 Å². The molecule has 1 unspecified atom stereocenters. The Morgan fingerprint density at radius 3 is 2.24 bits per heavy atom. The summed E-state index contributed by atoms with van der Waals surface area (Å²) >= 11 is 0. The molecule has 7 rings (SSSR count). The molecule has 2 N–H and O–H groups in total. The lowest BCUT2D eigenvalue weighted by Crippen LogP contribution is -2.52. The number of rotatable bonds is 11. The predicted octanol–water partition coefficient (Wildman–Crippen LogP) is 6.11. The molecule has 3 heterocycles. The number of nitrogens with zero attached hydrogens (tertiary/aromatic N) is 3. The van der Waals surface area contributed by atoms with Crippen LogP contribution >= 0.6 is 0 Å². The van der Waals surface area contributed by atoms with Gasteiger partial charge in [-0.05, 0) is 95.1 Å². The maximum atomic E-state index is 13.1. The van der Waals surface area contributed by atoms with E-state index >= 15 is 0 Å². The molecule has 0 spiro atoms. The summed E-state index contributed by atoms with van der Waals surface area (Å²) in [5.74, 6) is 0.293. The minimum Gasteiger partial charge on any atom is -0.508 e. The number of carbonyl (C=O) groups is 3. The van der Waals surface area contributed by atoms with Crippen LogP contribution in [0.5, 0.6) is 11.5 Å². The Bertz CT molecular complexity index is 1920. The van der Waals surface area contributed by atoms with Gasteiger partial charge in [-0.1, -0.05) is 61.5 Å². The number of carbonyl (C=O) groups excluding carboxylic acids is 3. The molecule has 262 valence electrons. The van der Waals surface area contributed by atoms with Gasteiger partial charge in [0.05, 0.1) is 6.61 Å². The van der Waals surface area contributed by atoms with Crippen LogP contribution < -0.4 is 15.0 Å². The first-order valence-corrected chi connectivity index (χ1v) is 17.9. The van der Waals surface area contributed by atoms with Crippen LogP contribution in [0, 0.1) is 0 Å². The molecule has 0 aromatic heterocycles. The maximum Gasteiger partial charge on any atom is 0.255 e. The SMILES string of the molecule is CC/C(=C(\c1ccc(O)cc1)c1ccc(OCCCN2CCN(c3ccc4c(c3)CN(C3CCC(=O)NC3=O)C4=O)CC2)cc1)c1ccccc1. The largest absolute Gasteiger partial charge is 0.508 e. The molecule has 0 bridgehead atoms. The van der Waals surface area contributed by atoms with E-state index < -0.39 is 6.04 Å². The number of fused-ring (bicyclic) bond motifs is 1. The van der Waals surface area contributed by atoms with E-state index in [2.05, 4.69) is 64.5 Å². The number of hydrogen-bond acceptors (Lipinski definition) is 7. The molecule has 9 heteroatoms. The second-order valence-corrected chi connectivity index (χ2v) is 13.4. The van der Waals surface area contributed by atoms with Crippen molar-refractivity contribution in [1.82, 2.24) is 15.1 Å². The monoisotopic (exact) mass is 684 g/mol. The Morgan fingerprint density at radius 2 is 1.55 bits per heavy atom. The summed E-state index contributed by atoms with van der Waals surface area (Å²) in [5.41, 5.74) is 8.42. The van der Waals surface area contributed by atoms with E-state index in [0.29, 0.717) is 25.1 Å². The lowest BCUT2D eigenvalue weighted by molar-refractivity contribution is -0.136. The molecule has 0 saturated carbocycles. The number of aromatic hydroxyl groups is 1. The third kappa shape index (κ3) is 7.54. The normalized spacial score (nSPS) is 18.4. The number of hydrogen-bond donors (Lipinski definition) is 2. The Morgan fingerprint density at radius 1 is 0.843 bits per heavy atom. The summed E-state index contributed by atoms with van der Waals surface area (Å²) in [5, 5.41) is 12.3. The number of amides is 3. The number of piperidine rings is 1. The summed E-state index contributed by atoms with van der Waals surface area (Å²) in [6.45, 7) is 7.83. The van der Waals surface area contributed by atoms with Crippen LogP contribution in [0.3, 0.4) is 0 Å². The molecule has 3 amide bonds. The lowest BCUT2D eigenvalue weighted by Gasteiger charge is -2.36. The molecule has 4 aromatic rings. The van der Waals surface area contributed by atoms with Gasteiger partial charge in [-0.3, -0.25) is 24.6 Å². The fraction of sp³-hybridized carbons (Fsp3) is 0.310. The van der Waals surface area contributed by atoms with E-state index in [0.717, 1.165) is 79.3 Å². The Labute approximate surface area is 299 Å². The standard InChI is InChI=1S/C42H44N4O5/c1-2-36(29-7-4-3-5-8-29)40(30-9-14-34(47)15-10-30)31-11-16-35(17-12-31)51-26-6-21-44-22-24-45(25-23-44)33-13-18-37-32(27-33)28-46(42(37)50)38-19-20-39(48)43-41(38)49/h3-5,7-18,27,38,47H,2,6,19-26,28H2,1H3,(H,43,48,49)/b40-36-. The van der Waals surface area contributed by atoms with Gasteiger partial charge in [0.15, 0.2) is 0 Å². The van der Waals surface area contributed by atoms with Crippen LogP contribution in [0.15, 0.2) is 97.1 Å². The number of nitrogens with one attached hydrogen (secondary N) is 1. The van der Waals surface area contributed by atoms with E-state index in [1.54, 1.807) is 17.0 Å². The number of anilines is 1. The fourth-order valence-electron chi connectivity index (χ4n) is 7.49. The average Bonchev–Trinajstić information content (AvgIpc) is 3.48. The fourth-order valence-corrected chi connectivity index (χ4v) is 7.49. The van der Waals surface area contributed by atoms with Gasteiger partial charge in [0.25, 0.3) is 5.91 Å². The number of ether oxygens (including phenoxy) is 1. The zero-order chi connectivity index (χ0) is 35.3. The zero-order valence-electron chi connectivity index (χ0n) is 29.0. The average molecular weight is 685 g/mol. The molecule has 3 aliphatic heterocycles. The van der Waals surface area contributed by atoms with Gasteiger partial charge in [0.2, 0.25) is 11.8 Å². The molecule has 3 aliphatic rings. The molecule has 9 nitrogen and oxygen atoms in total. The Hall–Kier alpha value is -5.41. The summed E-state index contributed by atoms with van der Waals surface area (Å²) in [6.07, 6.45) is 2.41. The van der Waals surface area contributed by atoms with Crippen molar-refractivity contribution in [3.63, 3.8) is 0 Å².